The molecule has 8 nitrogen and oxygen atoms in total. The van der Waals surface area contributed by atoms with Gasteiger partial charge in [0, 0.05) is 24.2 Å². The Morgan fingerprint density at radius 2 is 1.61 bits per heavy atom. The smallest absolute Gasteiger partial charge is 0.360 e. The van der Waals surface area contributed by atoms with Crippen LogP contribution in [0.1, 0.15) is 96.2 Å². The van der Waals surface area contributed by atoms with Crippen molar-refractivity contribution in [3.63, 3.8) is 0 Å². The van der Waals surface area contributed by atoms with Gasteiger partial charge in [-0.05, 0) is 82.8 Å². The molecule has 0 radical (unpaired) electrons. The number of fused-ring (bicyclic) bond motifs is 5. The van der Waals surface area contributed by atoms with Gasteiger partial charge in [-0.15, -0.1) is 0 Å². The molecule has 4 bridgehead atoms. The van der Waals surface area contributed by atoms with Crippen LogP contribution in [-0.4, -0.2) is 55.5 Å². The van der Waals surface area contributed by atoms with Crippen LogP contribution in [0, 0.1) is 11.8 Å². The molecular formula is C30H40N4O4. The summed E-state index contributed by atoms with van der Waals surface area (Å²) in [6.45, 7) is 3.53. The summed E-state index contributed by atoms with van der Waals surface area (Å²) >= 11 is 0. The number of piperidine rings is 2. The van der Waals surface area contributed by atoms with Crippen molar-refractivity contribution in [2.45, 2.75) is 115 Å². The third-order valence-corrected chi connectivity index (χ3v) is 9.47. The quantitative estimate of drug-likeness (QED) is 0.419. The summed E-state index contributed by atoms with van der Waals surface area (Å²) in [5.41, 5.74) is 0.396. The van der Waals surface area contributed by atoms with Crippen molar-refractivity contribution in [3.8, 4) is 0 Å². The summed E-state index contributed by atoms with van der Waals surface area (Å²) in [4.78, 5) is 38.8. The van der Waals surface area contributed by atoms with Crippen molar-refractivity contribution in [1.82, 2.24) is 14.5 Å². The first-order valence-electron chi connectivity index (χ1n) is 14.6. The number of carboxylic acid groups (broad SMARTS) is 1. The van der Waals surface area contributed by atoms with Gasteiger partial charge in [-0.25, -0.2) is 9.78 Å². The first kappa shape index (κ1) is 25.5. The number of aliphatic carboxylic acids is 1. The molecule has 3 heterocycles. The van der Waals surface area contributed by atoms with E-state index in [-0.39, 0.29) is 23.4 Å². The van der Waals surface area contributed by atoms with Crippen molar-refractivity contribution >= 4 is 22.7 Å². The van der Waals surface area contributed by atoms with Crippen LogP contribution >= 0.6 is 0 Å². The normalized spacial score (nSPS) is 31.9. The maximum absolute atomic E-state index is 14.0. The van der Waals surface area contributed by atoms with Gasteiger partial charge >= 0.3 is 5.97 Å². The zero-order valence-corrected chi connectivity index (χ0v) is 22.6. The van der Waals surface area contributed by atoms with Crippen molar-refractivity contribution in [2.24, 2.45) is 17.0 Å². The number of para-hydroxylation sites is 2. The highest BCUT2D eigenvalue weighted by Crippen LogP contribution is 2.47. The summed E-state index contributed by atoms with van der Waals surface area (Å²) in [5.74, 6) is 0.468. The fourth-order valence-corrected chi connectivity index (χ4v) is 8.15. The van der Waals surface area contributed by atoms with Gasteiger partial charge < -0.3 is 14.5 Å². The molecule has 1 aromatic heterocycles. The molecule has 38 heavy (non-hydrogen) atoms. The third-order valence-electron chi connectivity index (χ3n) is 9.47. The average Bonchev–Trinajstić information content (AvgIpc) is 2.87. The Balaban J connectivity index is 1.37. The molecular weight excluding hydrogens is 480 g/mol. The fourth-order valence-electron chi connectivity index (χ4n) is 8.15. The molecule has 2 saturated heterocycles. The molecule has 1 N–H and O–H groups in total. The number of oxime groups is 1. The van der Waals surface area contributed by atoms with Crippen LogP contribution in [0.25, 0.3) is 11.0 Å². The second kappa shape index (κ2) is 10.4. The van der Waals surface area contributed by atoms with Crippen LogP contribution in [0.15, 0.2) is 34.2 Å². The Labute approximate surface area is 224 Å². The lowest BCUT2D eigenvalue weighted by atomic mass is 9.68. The molecule has 2 aromatic rings. The second-order valence-electron chi connectivity index (χ2n) is 12.4. The van der Waals surface area contributed by atoms with Crippen molar-refractivity contribution in [1.29, 1.82) is 0 Å². The SMILES string of the molecule is CC(C)O/N=C(\C(=O)O)c1nc2ccccc2n(C2C[C@H]3CCC[C@@H](C2)N3C2CC3CCCC(C3)C2)c1=O. The Kier molecular flexibility index (Phi) is 7.01. The number of hydrogen-bond donors (Lipinski definition) is 1. The predicted octanol–water partition coefficient (Wildman–Crippen LogP) is 5.14. The zero-order chi connectivity index (χ0) is 26.4. The molecule has 8 heteroatoms. The molecule has 1 aromatic carbocycles. The molecule has 4 aliphatic rings. The van der Waals surface area contributed by atoms with Gasteiger partial charge in [0.2, 0.25) is 5.71 Å². The molecule has 2 aliphatic carbocycles. The number of aromatic nitrogens is 2. The van der Waals surface area contributed by atoms with Gasteiger partial charge in [-0.2, -0.15) is 0 Å². The summed E-state index contributed by atoms with van der Waals surface area (Å²) in [5, 5.41) is 13.7. The molecule has 0 spiro atoms. The minimum Gasteiger partial charge on any atom is -0.476 e. The summed E-state index contributed by atoms with van der Waals surface area (Å²) in [6.07, 6.45) is 13.4. The van der Waals surface area contributed by atoms with Crippen LogP contribution < -0.4 is 5.56 Å². The maximum atomic E-state index is 14.0. The summed E-state index contributed by atoms with van der Waals surface area (Å²) < 4.78 is 1.84. The van der Waals surface area contributed by atoms with E-state index >= 15 is 0 Å². The largest absolute Gasteiger partial charge is 0.476 e. The van der Waals surface area contributed by atoms with Crippen LogP contribution in [0.3, 0.4) is 0 Å². The molecule has 4 fully saturated rings. The number of hydrogen-bond acceptors (Lipinski definition) is 6. The third kappa shape index (κ3) is 4.76. The Hall–Kier alpha value is -2.74. The molecule has 5 atom stereocenters. The van der Waals surface area contributed by atoms with Gasteiger partial charge in [0.15, 0.2) is 5.69 Å². The predicted molar refractivity (Wildman–Crippen MR) is 146 cm³/mol. The average molecular weight is 521 g/mol. The van der Waals surface area contributed by atoms with Gasteiger partial charge in [0.25, 0.3) is 5.56 Å². The van der Waals surface area contributed by atoms with E-state index in [4.69, 9.17) is 4.84 Å². The van der Waals surface area contributed by atoms with Gasteiger partial charge in [-0.3, -0.25) is 9.69 Å². The molecule has 2 saturated carbocycles. The highest BCUT2D eigenvalue weighted by molar-refractivity contribution is 6.41. The lowest BCUT2D eigenvalue weighted by molar-refractivity contribution is -0.129. The first-order valence-corrected chi connectivity index (χ1v) is 14.6. The van der Waals surface area contributed by atoms with E-state index in [0.29, 0.717) is 23.6 Å². The molecule has 3 unspecified atom stereocenters. The van der Waals surface area contributed by atoms with E-state index in [2.05, 4.69) is 15.0 Å². The van der Waals surface area contributed by atoms with Crippen molar-refractivity contribution < 1.29 is 14.7 Å². The van der Waals surface area contributed by atoms with Gasteiger partial charge in [-0.1, -0.05) is 43.0 Å². The van der Waals surface area contributed by atoms with Crippen LogP contribution in [0.5, 0.6) is 0 Å². The van der Waals surface area contributed by atoms with Crippen LogP contribution in [0.4, 0.5) is 0 Å². The highest BCUT2D eigenvalue weighted by Gasteiger charge is 2.45. The maximum Gasteiger partial charge on any atom is 0.360 e. The minimum atomic E-state index is -1.31. The summed E-state index contributed by atoms with van der Waals surface area (Å²) in [7, 11) is 0. The zero-order valence-electron chi connectivity index (χ0n) is 22.6. The summed E-state index contributed by atoms with van der Waals surface area (Å²) in [6, 6.07) is 9.18. The molecule has 0 amide bonds. The number of nitrogens with zero attached hydrogens (tertiary/aromatic N) is 4. The highest BCUT2D eigenvalue weighted by atomic mass is 16.6. The van der Waals surface area contributed by atoms with E-state index in [1.807, 2.05) is 28.8 Å². The number of benzene rings is 1. The van der Waals surface area contributed by atoms with Crippen LogP contribution in [0.2, 0.25) is 0 Å². The van der Waals surface area contributed by atoms with Crippen molar-refractivity contribution in [2.75, 3.05) is 0 Å². The van der Waals surface area contributed by atoms with E-state index in [9.17, 15) is 14.7 Å². The van der Waals surface area contributed by atoms with Crippen LogP contribution in [-0.2, 0) is 9.63 Å². The lowest BCUT2D eigenvalue weighted by Crippen LogP contribution is -2.58. The standard InChI is InChI=1S/C30H40N4O4/c1-18(2)38-32-28(30(36)37)27-29(35)34(26-12-4-3-11-25(26)31-27)24-16-21-9-6-10-22(17-24)33(21)23-14-19-7-5-8-20(13-19)15-23/h3-4,11-12,18-24H,5-10,13-17H2,1-2H3,(H,36,37)/b32-28-/t19?,20?,21-,22+,23?,24?. The Morgan fingerprint density at radius 3 is 2.26 bits per heavy atom. The number of carbonyl (C=O) groups is 1. The number of carboxylic acids is 1. The molecule has 6 rings (SSSR count). The van der Waals surface area contributed by atoms with Gasteiger partial charge in [0.1, 0.15) is 6.10 Å². The monoisotopic (exact) mass is 520 g/mol. The van der Waals surface area contributed by atoms with E-state index < -0.39 is 11.7 Å². The van der Waals surface area contributed by atoms with E-state index in [1.165, 1.54) is 57.8 Å². The second-order valence-corrected chi connectivity index (χ2v) is 12.4. The Bertz CT molecular complexity index is 1260. The van der Waals surface area contributed by atoms with E-state index in [0.717, 1.165) is 30.2 Å². The Morgan fingerprint density at radius 1 is 0.947 bits per heavy atom. The topological polar surface area (TPSA) is 97.0 Å². The van der Waals surface area contributed by atoms with Gasteiger partial charge in [0.05, 0.1) is 11.0 Å². The fraction of sp³-hybridized carbons (Fsp3) is 0.667. The van der Waals surface area contributed by atoms with E-state index in [1.54, 1.807) is 13.8 Å². The lowest BCUT2D eigenvalue weighted by Gasteiger charge is -2.55. The molecule has 2 aliphatic heterocycles. The minimum absolute atomic E-state index is 0.00449. The first-order chi connectivity index (χ1) is 18.4. The number of rotatable bonds is 6. The molecule has 204 valence electrons. The van der Waals surface area contributed by atoms with Crippen molar-refractivity contribution in [3.05, 3.63) is 40.3 Å².